The lowest BCUT2D eigenvalue weighted by Crippen LogP contribution is -2.35. The van der Waals surface area contributed by atoms with Gasteiger partial charge in [-0.05, 0) is 30.7 Å². The minimum absolute atomic E-state index is 0.0539. The zero-order valence-electron chi connectivity index (χ0n) is 17.8. The van der Waals surface area contributed by atoms with Crippen molar-refractivity contribution in [2.24, 2.45) is 5.92 Å². The van der Waals surface area contributed by atoms with Crippen LogP contribution in [0.5, 0.6) is 11.8 Å². The number of hydrogen-bond donors (Lipinski definition) is 1. The van der Waals surface area contributed by atoms with E-state index in [1.807, 2.05) is 0 Å². The first-order valence-electron chi connectivity index (χ1n) is 10.3. The molecule has 2 saturated heterocycles. The number of fused-ring (bicyclic) bond motifs is 2. The molecule has 2 bridgehead atoms. The number of thiazole rings is 1. The summed E-state index contributed by atoms with van der Waals surface area (Å²) in [6.45, 7) is 2.20. The van der Waals surface area contributed by atoms with Crippen molar-refractivity contribution >= 4 is 22.4 Å². The van der Waals surface area contributed by atoms with Crippen LogP contribution < -0.4 is 10.5 Å². The fourth-order valence-corrected chi connectivity index (χ4v) is 4.64. The van der Waals surface area contributed by atoms with Gasteiger partial charge in [0.2, 0.25) is 0 Å². The molecule has 0 spiro atoms. The predicted octanol–water partition coefficient (Wildman–Crippen LogP) is 2.42. The molecule has 3 atom stereocenters. The minimum atomic E-state index is -0.0758. The first-order valence-corrected chi connectivity index (χ1v) is 11.1. The SMILES string of the molecule is CN(C)C(=O)c1ccc(Oc2nc(-c3cnc(N)s3)nc(C3[C@@H]4CC[N@@]3COC4)n2)cc1. The summed E-state index contributed by atoms with van der Waals surface area (Å²) in [6, 6.07) is 7.14. The fourth-order valence-electron chi connectivity index (χ4n) is 4.02. The predicted molar refractivity (Wildman–Crippen MR) is 118 cm³/mol. The first kappa shape index (κ1) is 20.7. The lowest BCUT2D eigenvalue weighted by Gasteiger charge is -2.31. The number of amides is 1. The molecule has 2 fully saturated rings. The second-order valence-electron chi connectivity index (χ2n) is 7.99. The van der Waals surface area contributed by atoms with Crippen LogP contribution in [0, 0.1) is 5.92 Å². The van der Waals surface area contributed by atoms with Crippen LogP contribution in [-0.4, -0.2) is 69.6 Å². The van der Waals surface area contributed by atoms with Crippen LogP contribution in [0.25, 0.3) is 10.7 Å². The summed E-state index contributed by atoms with van der Waals surface area (Å²) in [5.41, 5.74) is 6.40. The van der Waals surface area contributed by atoms with Gasteiger partial charge in [0.1, 0.15) is 5.75 Å². The van der Waals surface area contributed by atoms with E-state index in [1.165, 1.54) is 16.2 Å². The number of nitrogens with zero attached hydrogens (tertiary/aromatic N) is 6. The molecule has 3 aromatic rings. The van der Waals surface area contributed by atoms with E-state index in [-0.39, 0.29) is 18.0 Å². The third kappa shape index (κ3) is 4.01. The Morgan fingerprint density at radius 1 is 1.25 bits per heavy atom. The van der Waals surface area contributed by atoms with Gasteiger partial charge in [-0.3, -0.25) is 9.69 Å². The smallest absolute Gasteiger partial charge is 0.325 e. The van der Waals surface area contributed by atoms with E-state index in [9.17, 15) is 4.79 Å². The van der Waals surface area contributed by atoms with E-state index in [0.29, 0.717) is 47.3 Å². The fraction of sp³-hybridized carbons (Fsp3) is 0.381. The number of anilines is 1. The van der Waals surface area contributed by atoms with Gasteiger partial charge in [-0.2, -0.15) is 9.97 Å². The highest BCUT2D eigenvalue weighted by atomic mass is 32.1. The third-order valence-electron chi connectivity index (χ3n) is 5.57. The number of hydrogen-bond acceptors (Lipinski definition) is 10. The molecule has 5 rings (SSSR count). The molecule has 32 heavy (non-hydrogen) atoms. The number of aromatic nitrogens is 4. The number of benzene rings is 1. The molecule has 2 N–H and O–H groups in total. The molecular formula is C21H23N7O3S. The Balaban J connectivity index is 1.48. The van der Waals surface area contributed by atoms with E-state index < -0.39 is 0 Å². The van der Waals surface area contributed by atoms with Gasteiger partial charge in [0.05, 0.1) is 30.5 Å². The van der Waals surface area contributed by atoms with Crippen LogP contribution in [0.1, 0.15) is 28.6 Å². The first-order chi connectivity index (χ1) is 15.5. The number of nitrogen functional groups attached to an aromatic ring is 1. The number of nitrogens with two attached hydrogens (primary N) is 1. The summed E-state index contributed by atoms with van der Waals surface area (Å²) in [5.74, 6) is 1.91. The van der Waals surface area contributed by atoms with Gasteiger partial charge in [-0.1, -0.05) is 11.3 Å². The Morgan fingerprint density at radius 3 is 2.75 bits per heavy atom. The number of rotatable bonds is 5. The molecule has 1 unspecified atom stereocenters. The number of ether oxygens (including phenoxy) is 2. The van der Waals surface area contributed by atoms with E-state index in [1.54, 1.807) is 44.6 Å². The highest BCUT2D eigenvalue weighted by molar-refractivity contribution is 7.18. The summed E-state index contributed by atoms with van der Waals surface area (Å²) >= 11 is 1.31. The van der Waals surface area contributed by atoms with Crippen molar-refractivity contribution < 1.29 is 14.3 Å². The monoisotopic (exact) mass is 453 g/mol. The second kappa shape index (κ2) is 8.41. The average Bonchev–Trinajstić information content (AvgIpc) is 3.33. The average molecular weight is 454 g/mol. The maximum absolute atomic E-state index is 12.1. The van der Waals surface area contributed by atoms with Gasteiger partial charge in [-0.25, -0.2) is 9.97 Å². The van der Waals surface area contributed by atoms with E-state index in [4.69, 9.17) is 20.2 Å². The van der Waals surface area contributed by atoms with Crippen molar-refractivity contribution in [1.29, 1.82) is 0 Å². The molecule has 10 nitrogen and oxygen atoms in total. The summed E-state index contributed by atoms with van der Waals surface area (Å²) < 4.78 is 11.6. The molecule has 2 aliphatic rings. The van der Waals surface area contributed by atoms with Crippen LogP contribution in [0.3, 0.4) is 0 Å². The van der Waals surface area contributed by atoms with Crippen molar-refractivity contribution in [3.63, 3.8) is 0 Å². The molecular weight excluding hydrogens is 430 g/mol. The zero-order chi connectivity index (χ0) is 22.2. The lowest BCUT2D eigenvalue weighted by atomic mass is 10.00. The standard InChI is InChI=1S/C21H23N7O3S/c1-27(2)19(29)12-3-5-14(6-4-12)31-21-25-17(15-9-23-20(22)32-15)24-18(26-21)16-13-7-8-28(16)11-30-10-13/h3-6,9,13,16H,7-8,10-11H2,1-2H3,(H2,22,23)/t13-,16?/m1/s1. The van der Waals surface area contributed by atoms with Gasteiger partial charge in [-0.15, -0.1) is 0 Å². The molecule has 0 aliphatic carbocycles. The van der Waals surface area contributed by atoms with Crippen molar-refractivity contribution in [1.82, 2.24) is 29.7 Å². The molecule has 166 valence electrons. The summed E-state index contributed by atoms with van der Waals surface area (Å²) in [6.07, 6.45) is 2.69. The highest BCUT2D eigenvalue weighted by Gasteiger charge is 2.41. The van der Waals surface area contributed by atoms with Gasteiger partial charge >= 0.3 is 6.01 Å². The van der Waals surface area contributed by atoms with Crippen LogP contribution in [0.4, 0.5) is 5.13 Å². The molecule has 1 amide bonds. The quantitative estimate of drug-likeness (QED) is 0.621. The third-order valence-corrected chi connectivity index (χ3v) is 6.40. The molecule has 0 saturated carbocycles. The van der Waals surface area contributed by atoms with Crippen molar-refractivity contribution in [2.45, 2.75) is 12.5 Å². The molecule has 2 aromatic heterocycles. The Bertz CT molecular complexity index is 1120. The summed E-state index contributed by atoms with van der Waals surface area (Å²) in [7, 11) is 3.43. The number of carbonyl (C=O) groups is 1. The van der Waals surface area contributed by atoms with Crippen molar-refractivity contribution in [3.05, 3.63) is 41.9 Å². The molecule has 4 heterocycles. The van der Waals surface area contributed by atoms with Crippen LogP contribution in [0.2, 0.25) is 0 Å². The highest BCUT2D eigenvalue weighted by Crippen LogP contribution is 2.40. The van der Waals surface area contributed by atoms with Crippen LogP contribution in [-0.2, 0) is 4.74 Å². The van der Waals surface area contributed by atoms with E-state index in [2.05, 4.69) is 19.9 Å². The van der Waals surface area contributed by atoms with E-state index >= 15 is 0 Å². The van der Waals surface area contributed by atoms with Gasteiger partial charge in [0.25, 0.3) is 5.91 Å². The van der Waals surface area contributed by atoms with Gasteiger partial charge < -0.3 is 20.1 Å². The molecule has 1 aromatic carbocycles. The van der Waals surface area contributed by atoms with Crippen LogP contribution in [0.15, 0.2) is 30.5 Å². The van der Waals surface area contributed by atoms with Gasteiger partial charge in [0, 0.05) is 32.1 Å². The molecule has 2 aliphatic heterocycles. The van der Waals surface area contributed by atoms with Crippen molar-refractivity contribution in [2.75, 3.05) is 39.7 Å². The Morgan fingerprint density at radius 2 is 2.06 bits per heavy atom. The van der Waals surface area contributed by atoms with E-state index in [0.717, 1.165) is 17.8 Å². The minimum Gasteiger partial charge on any atom is -0.424 e. The molecule has 11 heteroatoms. The van der Waals surface area contributed by atoms with Crippen LogP contribution >= 0.6 is 11.3 Å². The maximum Gasteiger partial charge on any atom is 0.325 e. The largest absolute Gasteiger partial charge is 0.424 e. The normalized spacial score (nSPS) is 22.0. The lowest BCUT2D eigenvalue weighted by molar-refractivity contribution is -0.0450. The Hall–Kier alpha value is -3.15. The summed E-state index contributed by atoms with van der Waals surface area (Å²) in [5, 5.41) is 0.445. The summed E-state index contributed by atoms with van der Waals surface area (Å²) in [4.78, 5) is 34.7. The molecule has 0 radical (unpaired) electrons. The topological polar surface area (TPSA) is 120 Å². The number of carbonyl (C=O) groups excluding carboxylic acids is 1. The zero-order valence-corrected chi connectivity index (χ0v) is 18.6. The van der Waals surface area contributed by atoms with Crippen molar-refractivity contribution in [3.8, 4) is 22.5 Å². The maximum atomic E-state index is 12.1. The van der Waals surface area contributed by atoms with Gasteiger partial charge in [0.15, 0.2) is 16.8 Å². The second-order valence-corrected chi connectivity index (χ2v) is 9.06. The Labute approximate surface area is 189 Å². The Kier molecular flexibility index (Phi) is 5.45.